The van der Waals surface area contributed by atoms with Crippen molar-refractivity contribution in [2.75, 3.05) is 0 Å². The highest BCUT2D eigenvalue weighted by molar-refractivity contribution is 7.09. The molecular weight excluding hydrogens is 302 g/mol. The molecule has 114 valence electrons. The van der Waals surface area contributed by atoms with Crippen molar-refractivity contribution < 1.29 is 9.84 Å². The van der Waals surface area contributed by atoms with Gasteiger partial charge in [-0.2, -0.15) is 4.98 Å². The summed E-state index contributed by atoms with van der Waals surface area (Å²) in [6, 6.07) is 4.36. The fourth-order valence-corrected chi connectivity index (χ4v) is 2.83. The number of ether oxygens (including phenoxy) is 1. The third-order valence-electron chi connectivity index (χ3n) is 3.15. The molecule has 0 saturated carbocycles. The Balaban J connectivity index is 1.80. The Morgan fingerprint density at radius 3 is 2.91 bits per heavy atom. The molecule has 0 atom stereocenters. The largest absolute Gasteiger partial charge is 0.493 e. The first-order chi connectivity index (χ1) is 10.5. The van der Waals surface area contributed by atoms with Gasteiger partial charge in [-0.05, 0) is 12.0 Å². The summed E-state index contributed by atoms with van der Waals surface area (Å²) in [5, 5.41) is 12.3. The molecule has 22 heavy (non-hydrogen) atoms. The highest BCUT2D eigenvalue weighted by Crippen LogP contribution is 2.20. The van der Waals surface area contributed by atoms with Gasteiger partial charge in [-0.1, -0.05) is 13.8 Å². The summed E-state index contributed by atoms with van der Waals surface area (Å²) in [6.07, 6.45) is 1.57. The van der Waals surface area contributed by atoms with E-state index in [1.165, 1.54) is 4.40 Å². The summed E-state index contributed by atoms with van der Waals surface area (Å²) in [7, 11) is 0. The van der Waals surface area contributed by atoms with Gasteiger partial charge in [0.1, 0.15) is 23.0 Å². The zero-order valence-electron chi connectivity index (χ0n) is 12.2. The molecule has 7 heteroatoms. The quantitative estimate of drug-likeness (QED) is 0.800. The maximum absolute atomic E-state index is 11.7. The van der Waals surface area contributed by atoms with Crippen molar-refractivity contribution in [3.63, 3.8) is 0 Å². The Bertz CT molecular complexity index is 870. The van der Waals surface area contributed by atoms with Crippen LogP contribution in [0.25, 0.3) is 5.65 Å². The van der Waals surface area contributed by atoms with Crippen LogP contribution in [-0.4, -0.2) is 19.5 Å². The summed E-state index contributed by atoms with van der Waals surface area (Å²) in [4.78, 5) is 20.1. The first-order valence-corrected chi connectivity index (χ1v) is 7.70. The average Bonchev–Trinajstić information content (AvgIpc) is 2.93. The zero-order valence-corrected chi connectivity index (χ0v) is 13.0. The van der Waals surface area contributed by atoms with Crippen LogP contribution >= 0.6 is 11.3 Å². The van der Waals surface area contributed by atoms with Crippen LogP contribution in [0.5, 0.6) is 11.6 Å². The molecule has 0 unspecified atom stereocenters. The van der Waals surface area contributed by atoms with Gasteiger partial charge in [-0.25, -0.2) is 4.98 Å². The number of thiazole rings is 1. The number of rotatable bonds is 4. The van der Waals surface area contributed by atoms with Crippen LogP contribution in [0.3, 0.4) is 0 Å². The summed E-state index contributed by atoms with van der Waals surface area (Å²) in [5.41, 5.74) is 1.06. The van der Waals surface area contributed by atoms with E-state index in [0.717, 1.165) is 16.8 Å². The topological polar surface area (TPSA) is 76.7 Å². The van der Waals surface area contributed by atoms with E-state index in [1.807, 2.05) is 5.38 Å². The monoisotopic (exact) mass is 317 g/mol. The molecule has 0 aliphatic rings. The van der Waals surface area contributed by atoms with Gasteiger partial charge < -0.3 is 9.84 Å². The van der Waals surface area contributed by atoms with Crippen molar-refractivity contribution in [1.29, 1.82) is 0 Å². The molecule has 6 nitrogen and oxygen atoms in total. The van der Waals surface area contributed by atoms with Gasteiger partial charge >= 0.3 is 0 Å². The van der Waals surface area contributed by atoms with Crippen LogP contribution < -0.4 is 10.3 Å². The molecule has 3 aromatic rings. The second-order valence-corrected chi connectivity index (χ2v) is 6.10. The lowest BCUT2D eigenvalue weighted by molar-refractivity contribution is 0.305. The normalized spacial score (nSPS) is 11.2. The molecule has 0 aliphatic carbocycles. The van der Waals surface area contributed by atoms with Gasteiger partial charge in [0, 0.05) is 17.6 Å². The molecule has 0 spiro atoms. The predicted molar refractivity (Wildman–Crippen MR) is 83.7 cm³/mol. The molecule has 0 saturated heterocycles. The zero-order chi connectivity index (χ0) is 15.7. The summed E-state index contributed by atoms with van der Waals surface area (Å²) < 4.78 is 7.02. The van der Waals surface area contributed by atoms with Crippen LogP contribution in [0.1, 0.15) is 30.5 Å². The van der Waals surface area contributed by atoms with Gasteiger partial charge in [-0.15, -0.1) is 11.3 Å². The van der Waals surface area contributed by atoms with Gasteiger partial charge in [0.15, 0.2) is 0 Å². The van der Waals surface area contributed by atoms with E-state index in [4.69, 9.17) is 4.74 Å². The van der Waals surface area contributed by atoms with Crippen LogP contribution in [-0.2, 0) is 6.61 Å². The second kappa shape index (κ2) is 5.76. The predicted octanol–water partition coefficient (Wildman–Crippen LogP) is 2.56. The van der Waals surface area contributed by atoms with Crippen LogP contribution in [0.2, 0.25) is 0 Å². The molecule has 0 amide bonds. The second-order valence-electron chi connectivity index (χ2n) is 5.15. The average molecular weight is 317 g/mol. The summed E-state index contributed by atoms with van der Waals surface area (Å²) in [5.74, 6) is 0.659. The van der Waals surface area contributed by atoms with Gasteiger partial charge in [0.25, 0.3) is 5.56 Å². The Kier molecular flexibility index (Phi) is 3.81. The SMILES string of the molecule is CC(C)c1csc(COc2ccn3c(=O)cc(O)nc3c2)n1. The van der Waals surface area contributed by atoms with Crippen molar-refractivity contribution in [3.05, 3.63) is 50.8 Å². The minimum atomic E-state index is -0.337. The van der Waals surface area contributed by atoms with E-state index in [1.54, 1.807) is 29.7 Å². The van der Waals surface area contributed by atoms with Crippen molar-refractivity contribution in [1.82, 2.24) is 14.4 Å². The smallest absolute Gasteiger partial charge is 0.261 e. The molecule has 3 rings (SSSR count). The molecule has 3 heterocycles. The van der Waals surface area contributed by atoms with Crippen LogP contribution in [0, 0.1) is 0 Å². The van der Waals surface area contributed by atoms with Gasteiger partial charge in [0.05, 0.1) is 11.8 Å². The van der Waals surface area contributed by atoms with Crippen molar-refractivity contribution in [2.24, 2.45) is 0 Å². The highest BCUT2D eigenvalue weighted by atomic mass is 32.1. The summed E-state index contributed by atoms with van der Waals surface area (Å²) in [6.45, 7) is 4.55. The number of hydrogen-bond donors (Lipinski definition) is 1. The van der Waals surface area contributed by atoms with Crippen LogP contribution in [0.4, 0.5) is 0 Å². The van der Waals surface area contributed by atoms with E-state index < -0.39 is 0 Å². The Labute approximate surface area is 130 Å². The maximum Gasteiger partial charge on any atom is 0.261 e. The molecule has 0 aromatic carbocycles. The van der Waals surface area contributed by atoms with E-state index in [-0.39, 0.29) is 11.4 Å². The molecule has 0 bridgehead atoms. The van der Waals surface area contributed by atoms with Crippen molar-refractivity contribution in [3.8, 4) is 11.6 Å². The first kappa shape index (κ1) is 14.5. The van der Waals surface area contributed by atoms with Crippen molar-refractivity contribution >= 4 is 17.0 Å². The highest BCUT2D eigenvalue weighted by Gasteiger charge is 2.07. The van der Waals surface area contributed by atoms with E-state index in [9.17, 15) is 9.90 Å². The van der Waals surface area contributed by atoms with E-state index in [2.05, 4.69) is 23.8 Å². The number of aromatic nitrogens is 3. The minimum Gasteiger partial charge on any atom is -0.493 e. The molecule has 3 aromatic heterocycles. The standard InChI is InChI=1S/C15H15N3O3S/c1-9(2)11-8-22-14(16-11)7-21-10-3-4-18-12(5-10)17-13(19)6-15(18)20/h3-6,8-9,19H,7H2,1-2H3. The fraction of sp³-hybridized carbons (Fsp3) is 0.267. The molecule has 0 fully saturated rings. The third kappa shape index (κ3) is 2.94. The van der Waals surface area contributed by atoms with E-state index >= 15 is 0 Å². The number of hydrogen-bond acceptors (Lipinski definition) is 6. The number of nitrogens with zero attached hydrogens (tertiary/aromatic N) is 3. The maximum atomic E-state index is 11.7. The van der Waals surface area contributed by atoms with Crippen LogP contribution in [0.15, 0.2) is 34.6 Å². The Morgan fingerprint density at radius 1 is 1.36 bits per heavy atom. The Morgan fingerprint density at radius 2 is 2.18 bits per heavy atom. The van der Waals surface area contributed by atoms with E-state index in [0.29, 0.717) is 23.9 Å². The Hall–Kier alpha value is -2.41. The number of pyridine rings is 1. The van der Waals surface area contributed by atoms with Gasteiger partial charge in [0.2, 0.25) is 5.88 Å². The first-order valence-electron chi connectivity index (χ1n) is 6.82. The third-order valence-corrected chi connectivity index (χ3v) is 3.99. The lowest BCUT2D eigenvalue weighted by Gasteiger charge is -2.06. The van der Waals surface area contributed by atoms with Gasteiger partial charge in [-0.3, -0.25) is 9.20 Å². The number of fused-ring (bicyclic) bond motifs is 1. The summed E-state index contributed by atoms with van der Waals surface area (Å²) >= 11 is 1.56. The lowest BCUT2D eigenvalue weighted by atomic mass is 10.2. The molecule has 1 N–H and O–H groups in total. The fourth-order valence-electron chi connectivity index (χ4n) is 1.96. The van der Waals surface area contributed by atoms with Crippen molar-refractivity contribution in [2.45, 2.75) is 26.4 Å². The molecule has 0 radical (unpaired) electrons. The minimum absolute atomic E-state index is 0.302. The molecular formula is C15H15N3O3S. The number of aromatic hydroxyl groups is 1. The lowest BCUT2D eigenvalue weighted by Crippen LogP contribution is -2.12. The molecule has 0 aliphatic heterocycles.